The molecule has 6 heteroatoms. The van der Waals surface area contributed by atoms with Crippen LogP contribution in [0.5, 0.6) is 0 Å². The fraction of sp³-hybridized carbons (Fsp3) is 0.368. The average molecular weight is 598 g/mol. The van der Waals surface area contributed by atoms with Gasteiger partial charge in [-0.05, 0) is 35.7 Å². The van der Waals surface area contributed by atoms with Crippen LogP contribution in [0.15, 0.2) is 121 Å². The lowest BCUT2D eigenvalue weighted by atomic mass is 9.80. The van der Waals surface area contributed by atoms with Crippen LogP contribution in [0.2, 0.25) is 0 Å². The molecule has 0 saturated carbocycles. The van der Waals surface area contributed by atoms with Gasteiger partial charge in [0.2, 0.25) is 0 Å². The molecule has 0 atom stereocenters. The molecule has 0 fully saturated rings. The molecule has 4 aromatic carbocycles. The third-order valence-corrected chi connectivity index (χ3v) is 7.32. The molecule has 0 unspecified atom stereocenters. The summed E-state index contributed by atoms with van der Waals surface area (Å²) in [5.41, 5.74) is 3.92. The zero-order chi connectivity index (χ0) is 30.5. The smallest absolute Gasteiger partial charge is 0.143 e. The minimum atomic E-state index is -0.698. The van der Waals surface area contributed by atoms with Gasteiger partial charge in [-0.3, -0.25) is 4.90 Å². The van der Waals surface area contributed by atoms with Crippen LogP contribution in [-0.2, 0) is 35.8 Å². The molecular weight excluding hydrogens is 550 g/mol. The molecule has 0 aliphatic heterocycles. The summed E-state index contributed by atoms with van der Waals surface area (Å²) < 4.78 is 29.6. The van der Waals surface area contributed by atoms with Gasteiger partial charge in [0, 0.05) is 19.7 Å². The van der Waals surface area contributed by atoms with Crippen molar-refractivity contribution in [2.24, 2.45) is 0 Å². The molecule has 44 heavy (non-hydrogen) atoms. The number of benzene rings is 4. The molecule has 0 radical (unpaired) electrons. The summed E-state index contributed by atoms with van der Waals surface area (Å²) in [6.07, 6.45) is 0.777. The fourth-order valence-corrected chi connectivity index (χ4v) is 5.11. The maximum absolute atomic E-state index is 6.79. The number of ether oxygens (including phenoxy) is 5. The van der Waals surface area contributed by atoms with E-state index in [4.69, 9.17) is 23.7 Å². The van der Waals surface area contributed by atoms with Crippen molar-refractivity contribution in [3.05, 3.63) is 144 Å². The van der Waals surface area contributed by atoms with Crippen molar-refractivity contribution in [2.45, 2.75) is 18.6 Å². The summed E-state index contributed by atoms with van der Waals surface area (Å²) in [7, 11) is 2.11. The van der Waals surface area contributed by atoms with Gasteiger partial charge in [-0.15, -0.1) is 0 Å². The second-order valence-corrected chi connectivity index (χ2v) is 10.7. The molecule has 0 aromatic heterocycles. The molecule has 0 saturated heterocycles. The molecular formula is C38H47NO5. The fourth-order valence-electron chi connectivity index (χ4n) is 5.11. The van der Waals surface area contributed by atoms with Gasteiger partial charge in [0.25, 0.3) is 0 Å². The van der Waals surface area contributed by atoms with Gasteiger partial charge < -0.3 is 23.7 Å². The predicted molar refractivity (Wildman–Crippen MR) is 176 cm³/mol. The van der Waals surface area contributed by atoms with Gasteiger partial charge >= 0.3 is 0 Å². The zero-order valence-corrected chi connectivity index (χ0v) is 26.0. The molecule has 0 aliphatic rings. The van der Waals surface area contributed by atoms with E-state index in [0.717, 1.165) is 36.2 Å². The van der Waals surface area contributed by atoms with Crippen LogP contribution in [0.3, 0.4) is 0 Å². The normalized spacial score (nSPS) is 11.7. The van der Waals surface area contributed by atoms with Crippen LogP contribution in [0.1, 0.15) is 28.7 Å². The first-order chi connectivity index (χ1) is 21.8. The Morgan fingerprint density at radius 2 is 0.841 bits per heavy atom. The quantitative estimate of drug-likeness (QED) is 0.0753. The monoisotopic (exact) mass is 597 g/mol. The lowest BCUT2D eigenvalue weighted by Crippen LogP contribution is -2.33. The highest BCUT2D eigenvalue weighted by Crippen LogP contribution is 2.40. The first-order valence-electron chi connectivity index (χ1n) is 15.6. The SMILES string of the molecule is CN(CCOCCOCCOCCOCCCOC(c1ccccc1)(c1ccccc1)c1ccccc1)Cc1ccccc1. The molecule has 0 aliphatic carbocycles. The Kier molecular flexibility index (Phi) is 15.1. The largest absolute Gasteiger partial charge is 0.379 e. The van der Waals surface area contributed by atoms with Gasteiger partial charge in [0.05, 0.1) is 52.9 Å². The lowest BCUT2D eigenvalue weighted by molar-refractivity contribution is -0.0162. The molecule has 234 valence electrons. The number of likely N-dealkylation sites (N-methyl/N-ethyl adjacent to an activating group) is 1. The minimum Gasteiger partial charge on any atom is -0.379 e. The molecule has 0 N–H and O–H groups in total. The highest BCUT2D eigenvalue weighted by Gasteiger charge is 2.37. The van der Waals surface area contributed by atoms with Gasteiger partial charge in [-0.25, -0.2) is 0 Å². The zero-order valence-electron chi connectivity index (χ0n) is 26.0. The van der Waals surface area contributed by atoms with E-state index in [1.165, 1.54) is 5.56 Å². The number of nitrogens with zero attached hydrogens (tertiary/aromatic N) is 1. The van der Waals surface area contributed by atoms with E-state index in [2.05, 4.69) is 109 Å². The summed E-state index contributed by atoms with van der Waals surface area (Å²) in [6, 6.07) is 41.8. The van der Waals surface area contributed by atoms with Crippen LogP contribution in [0, 0.1) is 0 Å². The van der Waals surface area contributed by atoms with E-state index in [0.29, 0.717) is 59.5 Å². The van der Waals surface area contributed by atoms with Gasteiger partial charge in [-0.2, -0.15) is 0 Å². The Bertz CT molecular complexity index is 1160. The van der Waals surface area contributed by atoms with E-state index in [1.807, 2.05) is 24.3 Å². The Balaban J connectivity index is 1.06. The molecule has 4 rings (SSSR count). The second-order valence-electron chi connectivity index (χ2n) is 10.7. The van der Waals surface area contributed by atoms with E-state index in [-0.39, 0.29) is 0 Å². The predicted octanol–water partition coefficient (Wildman–Crippen LogP) is 6.58. The topological polar surface area (TPSA) is 49.4 Å². The molecule has 4 aromatic rings. The minimum absolute atomic E-state index is 0.538. The summed E-state index contributed by atoms with van der Waals surface area (Å²) in [6.45, 7) is 6.99. The van der Waals surface area contributed by atoms with Crippen LogP contribution < -0.4 is 0 Å². The van der Waals surface area contributed by atoms with E-state index in [1.54, 1.807) is 0 Å². The van der Waals surface area contributed by atoms with Crippen LogP contribution in [-0.4, -0.2) is 78.0 Å². The van der Waals surface area contributed by atoms with Crippen molar-refractivity contribution in [3.63, 3.8) is 0 Å². The summed E-state index contributed by atoms with van der Waals surface area (Å²) in [4.78, 5) is 2.26. The first-order valence-corrected chi connectivity index (χ1v) is 15.6. The van der Waals surface area contributed by atoms with Gasteiger partial charge in [0.15, 0.2) is 0 Å². The molecule has 0 spiro atoms. The molecule has 0 amide bonds. The van der Waals surface area contributed by atoms with Crippen molar-refractivity contribution in [2.75, 3.05) is 73.1 Å². The Labute approximate surface area is 263 Å². The first kappa shape index (κ1) is 33.5. The van der Waals surface area contributed by atoms with Crippen molar-refractivity contribution in [3.8, 4) is 0 Å². The van der Waals surface area contributed by atoms with Crippen molar-refractivity contribution < 1.29 is 23.7 Å². The third-order valence-electron chi connectivity index (χ3n) is 7.32. The highest BCUT2D eigenvalue weighted by atomic mass is 16.6. The van der Waals surface area contributed by atoms with Gasteiger partial charge in [-0.1, -0.05) is 121 Å². The number of hydrogen-bond acceptors (Lipinski definition) is 6. The Morgan fingerprint density at radius 1 is 0.455 bits per heavy atom. The Morgan fingerprint density at radius 3 is 1.30 bits per heavy atom. The van der Waals surface area contributed by atoms with E-state index >= 15 is 0 Å². The van der Waals surface area contributed by atoms with Crippen molar-refractivity contribution in [1.29, 1.82) is 0 Å². The van der Waals surface area contributed by atoms with Crippen LogP contribution in [0.4, 0.5) is 0 Å². The molecule has 6 nitrogen and oxygen atoms in total. The van der Waals surface area contributed by atoms with Crippen molar-refractivity contribution in [1.82, 2.24) is 4.90 Å². The number of rotatable bonds is 22. The standard InChI is InChI=1S/C38H47NO5/c1-39(33-34-15-6-2-7-16-34)23-26-41-28-30-43-32-31-42-29-27-40-24-14-25-44-38(35-17-8-3-9-18-35,36-19-10-4-11-20-36)37-21-12-5-13-22-37/h2-13,15-22H,14,23-33H2,1H3. The maximum Gasteiger partial charge on any atom is 0.143 e. The third kappa shape index (κ3) is 11.0. The van der Waals surface area contributed by atoms with Crippen molar-refractivity contribution >= 4 is 0 Å². The number of hydrogen-bond donors (Lipinski definition) is 0. The van der Waals surface area contributed by atoms with Crippen LogP contribution >= 0.6 is 0 Å². The van der Waals surface area contributed by atoms with Gasteiger partial charge in [0.1, 0.15) is 5.60 Å². The summed E-state index contributed by atoms with van der Waals surface area (Å²) in [5, 5.41) is 0. The molecule has 0 heterocycles. The highest BCUT2D eigenvalue weighted by molar-refractivity contribution is 5.47. The lowest BCUT2D eigenvalue weighted by Gasteiger charge is -2.36. The van der Waals surface area contributed by atoms with Crippen LogP contribution in [0.25, 0.3) is 0 Å². The summed E-state index contributed by atoms with van der Waals surface area (Å²) >= 11 is 0. The maximum atomic E-state index is 6.79. The summed E-state index contributed by atoms with van der Waals surface area (Å²) in [5.74, 6) is 0. The Hall–Kier alpha value is -3.36. The molecule has 0 bridgehead atoms. The second kappa shape index (κ2) is 19.8. The average Bonchev–Trinajstić information content (AvgIpc) is 3.08. The van der Waals surface area contributed by atoms with E-state index in [9.17, 15) is 0 Å². The van der Waals surface area contributed by atoms with E-state index < -0.39 is 5.60 Å².